The van der Waals surface area contributed by atoms with Gasteiger partial charge in [0.15, 0.2) is 5.78 Å². The zero-order chi connectivity index (χ0) is 23.5. The number of ketones is 1. The average molecular weight is 448 g/mol. The Morgan fingerprint density at radius 3 is 2.55 bits per heavy atom. The lowest BCUT2D eigenvalue weighted by Crippen LogP contribution is -2.08. The van der Waals surface area contributed by atoms with Crippen LogP contribution in [0.2, 0.25) is 0 Å². The molecule has 8 heteroatoms. The number of aryl methyl sites for hydroxylation is 2. The number of hydrogen-bond acceptors (Lipinski definition) is 5. The van der Waals surface area contributed by atoms with Gasteiger partial charge in [-0.3, -0.25) is 4.79 Å². The largest absolute Gasteiger partial charge is 0.396 e. The summed E-state index contributed by atoms with van der Waals surface area (Å²) in [5.41, 5.74) is 4.63. The molecular formula is C25H22F2N4O2. The summed E-state index contributed by atoms with van der Waals surface area (Å²) < 4.78 is 28.7. The fraction of sp³-hybridized carbons (Fsp3) is 0.160. The number of carbonyl (C=O) groups is 1. The second kappa shape index (κ2) is 9.30. The van der Waals surface area contributed by atoms with Crippen molar-refractivity contribution in [3.8, 4) is 5.69 Å². The molecule has 0 aliphatic heterocycles. The van der Waals surface area contributed by atoms with Crippen LogP contribution in [0.5, 0.6) is 0 Å². The van der Waals surface area contributed by atoms with Crippen LogP contribution in [0.25, 0.3) is 5.69 Å². The molecule has 4 rings (SSSR count). The lowest BCUT2D eigenvalue weighted by molar-refractivity contribution is 0.103. The summed E-state index contributed by atoms with van der Waals surface area (Å²) in [7, 11) is 0. The van der Waals surface area contributed by atoms with Crippen LogP contribution in [0, 0.1) is 25.5 Å². The van der Waals surface area contributed by atoms with E-state index in [1.54, 1.807) is 42.1 Å². The molecule has 1 aromatic heterocycles. The number of carbonyl (C=O) groups excluding carboxylic acids is 1. The predicted molar refractivity (Wildman–Crippen MR) is 121 cm³/mol. The maximum absolute atomic E-state index is 14.0. The highest BCUT2D eigenvalue weighted by Gasteiger charge is 2.16. The Balaban J connectivity index is 1.61. The lowest BCUT2D eigenvalue weighted by Gasteiger charge is -2.13. The molecule has 168 valence electrons. The summed E-state index contributed by atoms with van der Waals surface area (Å²) in [5.74, 6) is -1.50. The number of aromatic nitrogens is 3. The third-order valence-electron chi connectivity index (χ3n) is 5.32. The highest BCUT2D eigenvalue weighted by molar-refractivity contribution is 6.11. The molecule has 0 radical (unpaired) electrons. The minimum Gasteiger partial charge on any atom is -0.396 e. The first-order valence-corrected chi connectivity index (χ1v) is 10.4. The van der Waals surface area contributed by atoms with Gasteiger partial charge in [0.2, 0.25) is 0 Å². The van der Waals surface area contributed by atoms with Crippen molar-refractivity contribution in [1.29, 1.82) is 0 Å². The molecule has 0 aliphatic carbocycles. The highest BCUT2D eigenvalue weighted by atomic mass is 19.1. The van der Waals surface area contributed by atoms with Gasteiger partial charge in [-0.15, -0.1) is 5.10 Å². The molecule has 6 nitrogen and oxygen atoms in total. The third kappa shape index (κ3) is 4.80. The van der Waals surface area contributed by atoms with Gasteiger partial charge in [-0.2, -0.15) is 0 Å². The number of nitrogens with zero attached hydrogens (tertiary/aromatic N) is 3. The van der Waals surface area contributed by atoms with Crippen LogP contribution in [0.1, 0.15) is 32.7 Å². The molecule has 0 aliphatic rings. The Morgan fingerprint density at radius 2 is 1.82 bits per heavy atom. The van der Waals surface area contributed by atoms with E-state index in [0.717, 1.165) is 11.6 Å². The van der Waals surface area contributed by atoms with Crippen molar-refractivity contribution >= 4 is 17.2 Å². The number of aliphatic hydroxyl groups is 1. The molecule has 0 unspecified atom stereocenters. The maximum Gasteiger partial charge on any atom is 0.193 e. The summed E-state index contributed by atoms with van der Waals surface area (Å²) in [5, 5.41) is 20.1. The molecule has 0 fully saturated rings. The highest BCUT2D eigenvalue weighted by Crippen LogP contribution is 2.25. The standard InChI is InChI=1S/C25H22F2N4O2/c1-15-3-6-20(31-14-19(9-10-32)29-30-31)13-22(15)25(33)21-7-5-18(11-16(21)2)28-24-8-4-17(26)12-23(24)27/h3-8,11-14,28,32H,9-10H2,1-2H3. The van der Waals surface area contributed by atoms with Crippen LogP contribution in [0.3, 0.4) is 0 Å². The molecule has 0 amide bonds. The van der Waals surface area contributed by atoms with Crippen molar-refractivity contribution in [3.05, 3.63) is 100 Å². The van der Waals surface area contributed by atoms with Gasteiger partial charge in [0.1, 0.15) is 11.6 Å². The Morgan fingerprint density at radius 1 is 1.00 bits per heavy atom. The monoisotopic (exact) mass is 448 g/mol. The summed E-state index contributed by atoms with van der Waals surface area (Å²) in [6, 6.07) is 13.9. The SMILES string of the molecule is Cc1cc(Nc2ccc(F)cc2F)ccc1C(=O)c1cc(-n2cc(CCO)nn2)ccc1C. The van der Waals surface area contributed by atoms with Gasteiger partial charge in [0, 0.05) is 35.9 Å². The maximum atomic E-state index is 14.0. The fourth-order valence-electron chi connectivity index (χ4n) is 3.54. The van der Waals surface area contributed by atoms with Crippen LogP contribution in [0.4, 0.5) is 20.2 Å². The number of aliphatic hydroxyl groups excluding tert-OH is 1. The number of rotatable bonds is 7. The zero-order valence-corrected chi connectivity index (χ0v) is 18.1. The molecule has 0 bridgehead atoms. The number of anilines is 2. The minimum absolute atomic E-state index is 0.0196. The Hall–Kier alpha value is -3.91. The first-order valence-electron chi connectivity index (χ1n) is 10.4. The Bertz CT molecular complexity index is 1330. The summed E-state index contributed by atoms with van der Waals surface area (Å²) in [4.78, 5) is 13.3. The Kier molecular flexibility index (Phi) is 6.28. The number of nitrogens with one attached hydrogen (secondary N) is 1. The normalized spacial score (nSPS) is 10.9. The van der Waals surface area contributed by atoms with Crippen LogP contribution >= 0.6 is 0 Å². The molecule has 1 heterocycles. The van der Waals surface area contributed by atoms with Gasteiger partial charge in [-0.25, -0.2) is 13.5 Å². The Labute approximate surface area is 189 Å². The van der Waals surface area contributed by atoms with Gasteiger partial charge < -0.3 is 10.4 Å². The second-order valence-corrected chi connectivity index (χ2v) is 7.74. The minimum atomic E-state index is -0.699. The van der Waals surface area contributed by atoms with Crippen LogP contribution < -0.4 is 5.32 Å². The van der Waals surface area contributed by atoms with Crippen molar-refractivity contribution in [1.82, 2.24) is 15.0 Å². The van der Waals surface area contributed by atoms with E-state index >= 15 is 0 Å². The van der Waals surface area contributed by atoms with Crippen LogP contribution in [-0.2, 0) is 6.42 Å². The van der Waals surface area contributed by atoms with Crippen molar-refractivity contribution in [2.24, 2.45) is 0 Å². The quantitative estimate of drug-likeness (QED) is 0.402. The summed E-state index contributed by atoms with van der Waals surface area (Å²) in [6.07, 6.45) is 2.12. The first kappa shape index (κ1) is 22.3. The van der Waals surface area contributed by atoms with E-state index in [2.05, 4.69) is 15.6 Å². The van der Waals surface area contributed by atoms with Gasteiger partial charge >= 0.3 is 0 Å². The van der Waals surface area contributed by atoms with E-state index in [9.17, 15) is 13.6 Å². The molecule has 4 aromatic rings. The molecular weight excluding hydrogens is 426 g/mol. The van der Waals surface area contributed by atoms with Gasteiger partial charge in [0.25, 0.3) is 0 Å². The lowest BCUT2D eigenvalue weighted by atomic mass is 9.95. The number of halogens is 2. The van der Waals surface area contributed by atoms with Crippen molar-refractivity contribution in [2.75, 3.05) is 11.9 Å². The molecule has 0 atom stereocenters. The molecule has 0 saturated heterocycles. The van der Waals surface area contributed by atoms with Crippen LogP contribution in [0.15, 0.2) is 60.8 Å². The molecule has 33 heavy (non-hydrogen) atoms. The van der Waals surface area contributed by atoms with Crippen LogP contribution in [-0.4, -0.2) is 32.5 Å². The first-order chi connectivity index (χ1) is 15.9. The van der Waals surface area contributed by atoms with Gasteiger partial charge in [0.05, 0.1) is 23.3 Å². The third-order valence-corrected chi connectivity index (χ3v) is 5.32. The average Bonchev–Trinajstić information content (AvgIpc) is 3.25. The molecule has 3 aromatic carbocycles. The van der Waals surface area contributed by atoms with E-state index in [1.807, 2.05) is 19.1 Å². The van der Waals surface area contributed by atoms with Crippen molar-refractivity contribution in [3.63, 3.8) is 0 Å². The second-order valence-electron chi connectivity index (χ2n) is 7.74. The van der Waals surface area contributed by atoms with Gasteiger partial charge in [-0.1, -0.05) is 11.3 Å². The zero-order valence-electron chi connectivity index (χ0n) is 18.1. The number of benzene rings is 3. The van der Waals surface area contributed by atoms with Crippen molar-refractivity contribution < 1.29 is 18.7 Å². The van der Waals surface area contributed by atoms with Gasteiger partial charge in [-0.05, 0) is 67.4 Å². The summed E-state index contributed by atoms with van der Waals surface area (Å²) >= 11 is 0. The van der Waals surface area contributed by atoms with E-state index in [-0.39, 0.29) is 18.1 Å². The van der Waals surface area contributed by atoms with Crippen molar-refractivity contribution in [2.45, 2.75) is 20.3 Å². The summed E-state index contributed by atoms with van der Waals surface area (Å²) in [6.45, 7) is 3.64. The fourth-order valence-corrected chi connectivity index (χ4v) is 3.54. The molecule has 0 spiro atoms. The predicted octanol–water partition coefficient (Wildman–Crippen LogP) is 4.67. The molecule has 0 saturated carbocycles. The van der Waals surface area contributed by atoms with E-state index in [0.29, 0.717) is 40.2 Å². The van der Waals surface area contributed by atoms with E-state index in [4.69, 9.17) is 5.11 Å². The topological polar surface area (TPSA) is 80.0 Å². The number of hydrogen-bond donors (Lipinski definition) is 2. The molecule has 2 N–H and O–H groups in total. The van der Waals surface area contributed by atoms with E-state index in [1.165, 1.54) is 12.1 Å². The smallest absolute Gasteiger partial charge is 0.193 e. The van der Waals surface area contributed by atoms with E-state index < -0.39 is 11.6 Å².